The van der Waals surface area contributed by atoms with Gasteiger partial charge in [-0.05, 0) is 23.8 Å². The molecular weight excluding hydrogens is 238 g/mol. The van der Waals surface area contributed by atoms with Crippen molar-refractivity contribution in [2.75, 3.05) is 5.75 Å². The third-order valence-electron chi connectivity index (χ3n) is 3.18. The normalized spacial score (nSPS) is 17.9. The first kappa shape index (κ1) is 10.5. The number of carbonyl (C=O) groups is 1. The molecule has 0 spiro atoms. The lowest BCUT2D eigenvalue weighted by Crippen LogP contribution is -2.18. The van der Waals surface area contributed by atoms with Gasteiger partial charge in [0.05, 0.1) is 11.5 Å². The van der Waals surface area contributed by atoms with E-state index in [2.05, 4.69) is 4.98 Å². The van der Waals surface area contributed by atoms with Crippen molar-refractivity contribution >= 4 is 27.0 Å². The minimum absolute atomic E-state index is 0.0741. The Morgan fingerprint density at radius 3 is 2.88 bits per heavy atom. The van der Waals surface area contributed by atoms with Crippen molar-refractivity contribution in [3.63, 3.8) is 0 Å². The quantitative estimate of drug-likeness (QED) is 0.778. The van der Waals surface area contributed by atoms with Crippen LogP contribution in [0.25, 0.3) is 10.9 Å². The Morgan fingerprint density at radius 1 is 1.29 bits per heavy atom. The first-order chi connectivity index (χ1) is 8.09. The molecule has 3 rings (SSSR count). The second kappa shape index (κ2) is 3.43. The van der Waals surface area contributed by atoms with Crippen molar-refractivity contribution in [2.24, 2.45) is 0 Å². The van der Waals surface area contributed by atoms with Gasteiger partial charge in [0, 0.05) is 28.6 Å². The van der Waals surface area contributed by atoms with Crippen molar-refractivity contribution in [1.82, 2.24) is 4.98 Å². The monoisotopic (exact) mass is 249 g/mol. The topological polar surface area (TPSA) is 67.0 Å². The second-order valence-corrected chi connectivity index (χ2v) is 6.53. The number of aromatic amines is 1. The largest absolute Gasteiger partial charge is 0.358 e. The molecule has 5 heteroatoms. The number of H-pyrrole nitrogens is 1. The number of hydrogen-bond acceptors (Lipinski definition) is 3. The first-order valence-electron chi connectivity index (χ1n) is 5.38. The molecule has 1 aliphatic rings. The van der Waals surface area contributed by atoms with Gasteiger partial charge in [0.25, 0.3) is 0 Å². The number of aldehydes is 1. The smallest absolute Gasteiger partial charge is 0.154 e. The summed E-state index contributed by atoms with van der Waals surface area (Å²) >= 11 is 0. The number of hydrogen-bond donors (Lipinski definition) is 1. The summed E-state index contributed by atoms with van der Waals surface area (Å²) in [6.45, 7) is 0. The molecule has 0 saturated heterocycles. The minimum atomic E-state index is -2.99. The van der Waals surface area contributed by atoms with E-state index in [1.54, 1.807) is 12.1 Å². The van der Waals surface area contributed by atoms with Crippen LogP contribution >= 0.6 is 0 Å². The van der Waals surface area contributed by atoms with Gasteiger partial charge in [-0.25, -0.2) is 8.42 Å². The Labute approximate surface area is 98.6 Å². The molecule has 2 heterocycles. The van der Waals surface area contributed by atoms with E-state index in [0.717, 1.165) is 28.4 Å². The Hall–Kier alpha value is -1.62. The molecular formula is C12H11NO3S. The summed E-state index contributed by atoms with van der Waals surface area (Å²) in [5, 5.41) is 0.855. The van der Waals surface area contributed by atoms with Crippen molar-refractivity contribution in [1.29, 1.82) is 0 Å². The molecule has 1 aromatic carbocycles. The third-order valence-corrected chi connectivity index (χ3v) is 4.74. The molecule has 1 N–H and O–H groups in total. The van der Waals surface area contributed by atoms with E-state index in [9.17, 15) is 13.2 Å². The zero-order valence-corrected chi connectivity index (χ0v) is 9.88. The fourth-order valence-corrected chi connectivity index (χ4v) is 3.75. The summed E-state index contributed by atoms with van der Waals surface area (Å²) in [5.41, 5.74) is 3.28. The van der Waals surface area contributed by atoms with E-state index in [-0.39, 0.29) is 11.5 Å². The van der Waals surface area contributed by atoms with Crippen molar-refractivity contribution in [2.45, 2.75) is 12.2 Å². The Kier molecular flexibility index (Phi) is 2.13. The van der Waals surface area contributed by atoms with E-state index < -0.39 is 9.84 Å². The summed E-state index contributed by atoms with van der Waals surface area (Å²) in [4.78, 5) is 14.0. The van der Waals surface area contributed by atoms with Crippen LogP contribution in [0.5, 0.6) is 0 Å². The number of sulfone groups is 1. The van der Waals surface area contributed by atoms with E-state index in [0.29, 0.717) is 12.0 Å². The maximum atomic E-state index is 11.6. The third kappa shape index (κ3) is 1.67. The molecule has 2 aromatic rings. The molecule has 1 aromatic heterocycles. The van der Waals surface area contributed by atoms with Gasteiger partial charge in [-0.2, -0.15) is 0 Å². The van der Waals surface area contributed by atoms with Crippen molar-refractivity contribution < 1.29 is 13.2 Å². The standard InChI is InChI=1S/C12H11NO3S/c14-6-8-1-2-11-9(5-8)10-7-17(15,16)4-3-12(10)13-11/h1-2,5-6,13H,3-4,7H2. The van der Waals surface area contributed by atoms with E-state index in [1.807, 2.05) is 6.07 Å². The van der Waals surface area contributed by atoms with Gasteiger partial charge in [0.2, 0.25) is 0 Å². The lowest BCUT2D eigenvalue weighted by Gasteiger charge is -2.11. The molecule has 0 bridgehead atoms. The molecule has 0 aliphatic carbocycles. The fourth-order valence-electron chi connectivity index (χ4n) is 2.32. The van der Waals surface area contributed by atoms with Crippen molar-refractivity contribution in [3.05, 3.63) is 35.0 Å². The molecule has 0 amide bonds. The summed E-state index contributed by atoms with van der Waals surface area (Å²) in [5.74, 6) is 0.276. The summed E-state index contributed by atoms with van der Waals surface area (Å²) in [6.07, 6.45) is 1.30. The predicted molar refractivity (Wildman–Crippen MR) is 64.9 cm³/mol. The molecule has 0 radical (unpaired) electrons. The average molecular weight is 249 g/mol. The Bertz CT molecular complexity index is 713. The van der Waals surface area contributed by atoms with Gasteiger partial charge >= 0.3 is 0 Å². The lowest BCUT2D eigenvalue weighted by molar-refractivity contribution is 0.112. The maximum absolute atomic E-state index is 11.6. The molecule has 17 heavy (non-hydrogen) atoms. The maximum Gasteiger partial charge on any atom is 0.154 e. The summed E-state index contributed by atoms with van der Waals surface area (Å²) < 4.78 is 23.3. The number of aryl methyl sites for hydroxylation is 1. The van der Waals surface area contributed by atoms with Crippen LogP contribution in [-0.4, -0.2) is 25.4 Å². The van der Waals surface area contributed by atoms with E-state index in [1.165, 1.54) is 0 Å². The van der Waals surface area contributed by atoms with Crippen molar-refractivity contribution in [3.8, 4) is 0 Å². The van der Waals surface area contributed by atoms with Gasteiger partial charge in [-0.1, -0.05) is 0 Å². The number of carbonyl (C=O) groups excluding carboxylic acids is 1. The van der Waals surface area contributed by atoms with Gasteiger partial charge < -0.3 is 4.98 Å². The lowest BCUT2D eigenvalue weighted by atomic mass is 10.1. The van der Waals surface area contributed by atoms with Crippen LogP contribution < -0.4 is 0 Å². The SMILES string of the molecule is O=Cc1ccc2[nH]c3c(c2c1)CS(=O)(=O)CC3. The highest BCUT2D eigenvalue weighted by Gasteiger charge is 2.24. The molecule has 0 atom stereocenters. The first-order valence-corrected chi connectivity index (χ1v) is 7.20. The highest BCUT2D eigenvalue weighted by Crippen LogP contribution is 2.29. The van der Waals surface area contributed by atoms with Crippen LogP contribution in [0.1, 0.15) is 21.6 Å². The number of benzene rings is 1. The zero-order valence-electron chi connectivity index (χ0n) is 9.06. The highest BCUT2D eigenvalue weighted by molar-refractivity contribution is 7.90. The second-order valence-electron chi connectivity index (χ2n) is 4.35. The van der Waals surface area contributed by atoms with Crippen LogP contribution in [0.15, 0.2) is 18.2 Å². The van der Waals surface area contributed by atoms with Crippen LogP contribution in [0.4, 0.5) is 0 Å². The van der Waals surface area contributed by atoms with E-state index in [4.69, 9.17) is 0 Å². The zero-order chi connectivity index (χ0) is 12.0. The minimum Gasteiger partial charge on any atom is -0.358 e. The fraction of sp³-hybridized carbons (Fsp3) is 0.250. The van der Waals surface area contributed by atoms with Gasteiger partial charge in [-0.15, -0.1) is 0 Å². The molecule has 0 unspecified atom stereocenters. The highest BCUT2D eigenvalue weighted by atomic mass is 32.2. The van der Waals surface area contributed by atoms with Crippen LogP contribution in [-0.2, 0) is 22.0 Å². The predicted octanol–water partition coefficient (Wildman–Crippen LogP) is 1.45. The van der Waals surface area contributed by atoms with E-state index >= 15 is 0 Å². The molecule has 0 fully saturated rings. The Morgan fingerprint density at radius 2 is 2.12 bits per heavy atom. The summed E-state index contributed by atoms with van der Waals surface area (Å²) in [7, 11) is -2.99. The van der Waals surface area contributed by atoms with Crippen LogP contribution in [0.3, 0.4) is 0 Å². The van der Waals surface area contributed by atoms with Gasteiger partial charge in [0.1, 0.15) is 6.29 Å². The number of nitrogens with one attached hydrogen (secondary N) is 1. The molecule has 4 nitrogen and oxygen atoms in total. The average Bonchev–Trinajstić information content (AvgIpc) is 2.65. The van der Waals surface area contributed by atoms with Crippen LogP contribution in [0.2, 0.25) is 0 Å². The number of aromatic nitrogens is 1. The molecule has 0 saturated carbocycles. The van der Waals surface area contributed by atoms with Gasteiger partial charge in [-0.3, -0.25) is 4.79 Å². The number of fused-ring (bicyclic) bond motifs is 3. The Balaban J connectivity index is 2.29. The van der Waals surface area contributed by atoms with Crippen LogP contribution in [0, 0.1) is 0 Å². The number of rotatable bonds is 1. The summed E-state index contributed by atoms with van der Waals surface area (Å²) in [6, 6.07) is 5.30. The molecule has 88 valence electrons. The van der Waals surface area contributed by atoms with Gasteiger partial charge in [0.15, 0.2) is 9.84 Å². The molecule has 1 aliphatic heterocycles.